The van der Waals surface area contributed by atoms with Crippen LogP contribution in [0.1, 0.15) is 6.92 Å². The third kappa shape index (κ3) is 3.87. The zero-order valence-corrected chi connectivity index (χ0v) is 12.0. The molecule has 7 nitrogen and oxygen atoms in total. The summed E-state index contributed by atoms with van der Waals surface area (Å²) in [4.78, 5) is 11.3. The topological polar surface area (TPSA) is 75.2 Å². The van der Waals surface area contributed by atoms with Gasteiger partial charge in [0.05, 0.1) is 12.6 Å². The summed E-state index contributed by atoms with van der Waals surface area (Å²) in [5, 5.41) is 2.82. The predicted octanol–water partition coefficient (Wildman–Crippen LogP) is -0.461. The fourth-order valence-corrected chi connectivity index (χ4v) is 2.34. The van der Waals surface area contributed by atoms with Crippen molar-refractivity contribution < 1.29 is 28.5 Å². The summed E-state index contributed by atoms with van der Waals surface area (Å²) in [5.41, 5.74) is 0. The van der Waals surface area contributed by atoms with Gasteiger partial charge in [-0.3, -0.25) is 4.79 Å². The van der Waals surface area contributed by atoms with Gasteiger partial charge in [0.15, 0.2) is 6.29 Å². The van der Waals surface area contributed by atoms with Crippen molar-refractivity contribution in [2.45, 2.75) is 37.6 Å². The Balaban J connectivity index is 2.94. The first-order valence-electron chi connectivity index (χ1n) is 6.08. The van der Waals surface area contributed by atoms with E-state index in [4.69, 9.17) is 23.7 Å². The SMILES string of the molecule is COC[C@H]1O[C@H](OC)[C@H](OC)[C@@H](OC)[C@@H]1NC(C)=O. The van der Waals surface area contributed by atoms with Crippen LogP contribution in [0, 0.1) is 0 Å². The highest BCUT2D eigenvalue weighted by atomic mass is 16.7. The highest BCUT2D eigenvalue weighted by Crippen LogP contribution is 2.26. The number of hydrogen-bond acceptors (Lipinski definition) is 6. The van der Waals surface area contributed by atoms with Gasteiger partial charge >= 0.3 is 0 Å². The van der Waals surface area contributed by atoms with Crippen LogP contribution in [0.2, 0.25) is 0 Å². The van der Waals surface area contributed by atoms with Gasteiger partial charge < -0.3 is 29.0 Å². The van der Waals surface area contributed by atoms with E-state index in [0.29, 0.717) is 6.61 Å². The van der Waals surface area contributed by atoms with Crippen LogP contribution in [0.5, 0.6) is 0 Å². The number of ether oxygens (including phenoxy) is 5. The van der Waals surface area contributed by atoms with E-state index in [9.17, 15) is 4.79 Å². The summed E-state index contributed by atoms with van der Waals surface area (Å²) < 4.78 is 27.0. The van der Waals surface area contributed by atoms with Crippen LogP contribution in [-0.4, -0.2) is 71.6 Å². The molecule has 0 radical (unpaired) electrons. The van der Waals surface area contributed by atoms with Gasteiger partial charge in [0, 0.05) is 35.4 Å². The second-order valence-corrected chi connectivity index (χ2v) is 4.36. The Labute approximate surface area is 113 Å². The van der Waals surface area contributed by atoms with Crippen molar-refractivity contribution in [2.24, 2.45) is 0 Å². The molecule has 0 aliphatic carbocycles. The van der Waals surface area contributed by atoms with Crippen molar-refractivity contribution in [3.05, 3.63) is 0 Å². The second-order valence-electron chi connectivity index (χ2n) is 4.36. The largest absolute Gasteiger partial charge is 0.382 e. The van der Waals surface area contributed by atoms with Gasteiger partial charge in [-0.1, -0.05) is 0 Å². The van der Waals surface area contributed by atoms with Crippen LogP contribution < -0.4 is 5.32 Å². The lowest BCUT2D eigenvalue weighted by Crippen LogP contribution is -2.65. The first kappa shape index (κ1) is 16.3. The maximum atomic E-state index is 11.3. The first-order valence-corrected chi connectivity index (χ1v) is 6.08. The molecule has 19 heavy (non-hydrogen) atoms. The summed E-state index contributed by atoms with van der Waals surface area (Å²) in [6.45, 7) is 1.77. The molecule has 0 saturated carbocycles. The average Bonchev–Trinajstić information content (AvgIpc) is 2.39. The van der Waals surface area contributed by atoms with Crippen LogP contribution in [0.3, 0.4) is 0 Å². The zero-order chi connectivity index (χ0) is 14.4. The number of methoxy groups -OCH3 is 4. The molecule has 0 bridgehead atoms. The average molecular weight is 277 g/mol. The van der Waals surface area contributed by atoms with Crippen LogP contribution in [0.4, 0.5) is 0 Å². The molecule has 1 saturated heterocycles. The van der Waals surface area contributed by atoms with Gasteiger partial charge in [-0.2, -0.15) is 0 Å². The Morgan fingerprint density at radius 3 is 2.16 bits per heavy atom. The molecule has 1 amide bonds. The molecule has 7 heteroatoms. The van der Waals surface area contributed by atoms with Gasteiger partial charge in [-0.25, -0.2) is 0 Å². The van der Waals surface area contributed by atoms with Gasteiger partial charge in [-0.05, 0) is 0 Å². The molecular weight excluding hydrogens is 254 g/mol. The fraction of sp³-hybridized carbons (Fsp3) is 0.917. The van der Waals surface area contributed by atoms with E-state index in [1.807, 2.05) is 0 Å². The summed E-state index contributed by atoms with van der Waals surface area (Å²) in [5.74, 6) is -0.164. The quantitative estimate of drug-likeness (QED) is 0.708. The third-order valence-electron chi connectivity index (χ3n) is 3.13. The molecule has 1 rings (SSSR count). The van der Waals surface area contributed by atoms with Crippen molar-refractivity contribution in [2.75, 3.05) is 35.0 Å². The number of hydrogen-bond donors (Lipinski definition) is 1. The normalized spacial score (nSPS) is 35.1. The molecule has 0 aromatic heterocycles. The molecule has 112 valence electrons. The van der Waals surface area contributed by atoms with E-state index < -0.39 is 12.4 Å². The van der Waals surface area contributed by atoms with Crippen molar-refractivity contribution >= 4 is 5.91 Å². The van der Waals surface area contributed by atoms with Crippen molar-refractivity contribution in [3.8, 4) is 0 Å². The lowest BCUT2D eigenvalue weighted by molar-refractivity contribution is -0.281. The van der Waals surface area contributed by atoms with Gasteiger partial charge in [0.2, 0.25) is 5.91 Å². The Bertz CT molecular complexity index is 287. The van der Waals surface area contributed by atoms with Crippen molar-refractivity contribution in [1.82, 2.24) is 5.32 Å². The van der Waals surface area contributed by atoms with Crippen molar-refractivity contribution in [3.63, 3.8) is 0 Å². The van der Waals surface area contributed by atoms with Gasteiger partial charge in [-0.15, -0.1) is 0 Å². The summed E-state index contributed by atoms with van der Waals surface area (Å²) in [6, 6.07) is -0.362. The summed E-state index contributed by atoms with van der Waals surface area (Å²) >= 11 is 0. The highest BCUT2D eigenvalue weighted by Gasteiger charge is 2.47. The summed E-state index contributed by atoms with van der Waals surface area (Å²) in [7, 11) is 6.22. The fourth-order valence-electron chi connectivity index (χ4n) is 2.34. The Morgan fingerprint density at radius 1 is 1.11 bits per heavy atom. The minimum Gasteiger partial charge on any atom is -0.382 e. The molecule has 1 N–H and O–H groups in total. The molecule has 0 aromatic carbocycles. The molecule has 0 spiro atoms. The van der Waals surface area contributed by atoms with E-state index in [0.717, 1.165) is 0 Å². The number of carbonyl (C=O) groups excluding carboxylic acids is 1. The second kappa shape index (κ2) is 7.76. The Kier molecular flexibility index (Phi) is 6.67. The number of nitrogens with one attached hydrogen (secondary N) is 1. The van der Waals surface area contributed by atoms with E-state index in [-0.39, 0.29) is 24.2 Å². The zero-order valence-electron chi connectivity index (χ0n) is 12.0. The molecule has 1 heterocycles. The number of rotatable bonds is 6. The standard InChI is InChI=1S/C12H23NO6/c1-7(14)13-9-8(6-15-2)19-12(18-5)11(17-4)10(9)16-3/h8-12H,6H2,1-5H3,(H,13,14)/t8-,9-,10+,11-,12+/m1/s1. The molecule has 1 aliphatic rings. The predicted molar refractivity (Wildman–Crippen MR) is 66.7 cm³/mol. The summed E-state index contributed by atoms with van der Waals surface area (Å²) in [6.07, 6.45) is -1.75. The van der Waals surface area contributed by atoms with E-state index in [1.54, 1.807) is 21.3 Å². The minimum absolute atomic E-state index is 0.164. The maximum absolute atomic E-state index is 11.3. The monoisotopic (exact) mass is 277 g/mol. The number of carbonyl (C=O) groups is 1. The van der Waals surface area contributed by atoms with Crippen LogP contribution in [0.15, 0.2) is 0 Å². The van der Waals surface area contributed by atoms with E-state index in [1.165, 1.54) is 14.0 Å². The van der Waals surface area contributed by atoms with Gasteiger partial charge in [0.1, 0.15) is 18.3 Å². The smallest absolute Gasteiger partial charge is 0.217 e. The Hall–Kier alpha value is -0.730. The molecule has 1 aliphatic heterocycles. The van der Waals surface area contributed by atoms with Crippen LogP contribution in [-0.2, 0) is 28.5 Å². The minimum atomic E-state index is -0.569. The Morgan fingerprint density at radius 2 is 1.74 bits per heavy atom. The van der Waals surface area contributed by atoms with Crippen LogP contribution in [0.25, 0.3) is 0 Å². The highest BCUT2D eigenvalue weighted by molar-refractivity contribution is 5.73. The molecule has 1 fully saturated rings. The molecule has 0 unspecified atom stereocenters. The lowest BCUT2D eigenvalue weighted by atomic mass is 9.95. The third-order valence-corrected chi connectivity index (χ3v) is 3.13. The van der Waals surface area contributed by atoms with Gasteiger partial charge in [0.25, 0.3) is 0 Å². The lowest BCUT2D eigenvalue weighted by Gasteiger charge is -2.44. The number of amides is 1. The van der Waals surface area contributed by atoms with Crippen LogP contribution >= 0.6 is 0 Å². The molecule has 0 aromatic rings. The molecule has 5 atom stereocenters. The first-order chi connectivity index (χ1) is 9.08. The van der Waals surface area contributed by atoms with Crippen molar-refractivity contribution in [1.29, 1.82) is 0 Å². The molecular formula is C12H23NO6. The van der Waals surface area contributed by atoms with E-state index >= 15 is 0 Å². The van der Waals surface area contributed by atoms with E-state index in [2.05, 4.69) is 5.32 Å². The maximum Gasteiger partial charge on any atom is 0.217 e.